The largest absolute Gasteiger partial charge is 0.311 e. The summed E-state index contributed by atoms with van der Waals surface area (Å²) in [5.74, 6) is 0.999. The van der Waals surface area contributed by atoms with Crippen LogP contribution in [0, 0.1) is 11.3 Å². The summed E-state index contributed by atoms with van der Waals surface area (Å²) in [7, 11) is 0. The second kappa shape index (κ2) is 3.27. The van der Waals surface area contributed by atoms with Crippen LogP contribution in [0.15, 0.2) is 0 Å². The molecule has 0 saturated carbocycles. The predicted octanol–water partition coefficient (Wildman–Crippen LogP) is 2.95. The molecular formula is C12H23N. The van der Waals surface area contributed by atoms with Gasteiger partial charge in [0.1, 0.15) is 0 Å². The molecule has 1 nitrogen and oxygen atoms in total. The lowest BCUT2D eigenvalue weighted by Crippen LogP contribution is -2.39. The van der Waals surface area contributed by atoms with Crippen LogP contribution < -0.4 is 5.32 Å². The zero-order valence-corrected chi connectivity index (χ0v) is 9.27. The van der Waals surface area contributed by atoms with E-state index in [1.807, 2.05) is 0 Å². The highest BCUT2D eigenvalue weighted by atomic mass is 15.0. The predicted molar refractivity (Wildman–Crippen MR) is 56.7 cm³/mol. The summed E-state index contributed by atoms with van der Waals surface area (Å²) in [6.45, 7) is 7.12. The van der Waals surface area contributed by atoms with Crippen LogP contribution in [0.1, 0.15) is 52.9 Å². The third kappa shape index (κ3) is 2.46. The van der Waals surface area contributed by atoms with E-state index in [0.717, 1.165) is 18.0 Å². The minimum Gasteiger partial charge on any atom is -0.311 e. The molecule has 0 amide bonds. The van der Waals surface area contributed by atoms with Crippen molar-refractivity contribution in [1.82, 2.24) is 5.32 Å². The van der Waals surface area contributed by atoms with Gasteiger partial charge in [-0.25, -0.2) is 0 Å². The van der Waals surface area contributed by atoms with Crippen molar-refractivity contribution in [3.8, 4) is 0 Å². The van der Waals surface area contributed by atoms with E-state index in [-0.39, 0.29) is 0 Å². The normalized spacial score (nSPS) is 39.5. The van der Waals surface area contributed by atoms with Crippen LogP contribution in [0.5, 0.6) is 0 Å². The first-order chi connectivity index (χ1) is 6.03. The number of piperidine rings is 1. The summed E-state index contributed by atoms with van der Waals surface area (Å²) in [5.41, 5.74) is 0.529. The van der Waals surface area contributed by atoms with Crippen molar-refractivity contribution in [3.63, 3.8) is 0 Å². The lowest BCUT2D eigenvalue weighted by atomic mass is 9.79. The molecule has 2 aliphatic rings. The van der Waals surface area contributed by atoms with Crippen LogP contribution >= 0.6 is 0 Å². The molecule has 76 valence electrons. The maximum absolute atomic E-state index is 3.71. The molecule has 0 spiro atoms. The van der Waals surface area contributed by atoms with Crippen molar-refractivity contribution in [2.24, 2.45) is 11.3 Å². The third-order valence-corrected chi connectivity index (χ3v) is 3.47. The topological polar surface area (TPSA) is 12.0 Å². The molecule has 0 aliphatic carbocycles. The first kappa shape index (κ1) is 9.51. The van der Waals surface area contributed by atoms with Gasteiger partial charge in [-0.3, -0.25) is 0 Å². The molecule has 2 fully saturated rings. The highest BCUT2D eigenvalue weighted by Gasteiger charge is 2.34. The first-order valence-electron chi connectivity index (χ1n) is 5.79. The fourth-order valence-electron chi connectivity index (χ4n) is 3.21. The zero-order valence-electron chi connectivity index (χ0n) is 9.27. The van der Waals surface area contributed by atoms with E-state index in [4.69, 9.17) is 0 Å². The van der Waals surface area contributed by atoms with E-state index in [2.05, 4.69) is 26.1 Å². The molecular weight excluding hydrogens is 158 g/mol. The number of hydrogen-bond donors (Lipinski definition) is 1. The maximum atomic E-state index is 3.71. The number of fused-ring (bicyclic) bond motifs is 2. The smallest absolute Gasteiger partial charge is 0.00728 e. The fourth-order valence-corrected chi connectivity index (χ4v) is 3.21. The maximum Gasteiger partial charge on any atom is 0.00728 e. The van der Waals surface area contributed by atoms with Gasteiger partial charge in [-0.05, 0) is 43.4 Å². The molecule has 1 heteroatoms. The van der Waals surface area contributed by atoms with Crippen molar-refractivity contribution in [2.45, 2.75) is 65.0 Å². The second-order valence-corrected chi connectivity index (χ2v) is 6.24. The lowest BCUT2D eigenvalue weighted by Gasteiger charge is -2.33. The van der Waals surface area contributed by atoms with E-state index >= 15 is 0 Å². The average Bonchev–Trinajstić information content (AvgIpc) is 2.27. The molecule has 2 aliphatic heterocycles. The van der Waals surface area contributed by atoms with Crippen molar-refractivity contribution in [3.05, 3.63) is 0 Å². The minimum atomic E-state index is 0.529. The highest BCUT2D eigenvalue weighted by molar-refractivity contribution is 4.92. The van der Waals surface area contributed by atoms with Crippen LogP contribution in [-0.2, 0) is 0 Å². The minimum absolute atomic E-state index is 0.529. The molecule has 13 heavy (non-hydrogen) atoms. The van der Waals surface area contributed by atoms with Crippen molar-refractivity contribution >= 4 is 0 Å². The van der Waals surface area contributed by atoms with Crippen LogP contribution in [0.3, 0.4) is 0 Å². The standard InChI is InChI=1S/C12H23N/c1-12(2,3)8-9-6-10-4-5-11(7-9)13-10/h9-11,13H,4-8H2,1-3H3/t9?,10-,11?/m1/s1. The molecule has 0 radical (unpaired) electrons. The van der Waals surface area contributed by atoms with Gasteiger partial charge in [0.25, 0.3) is 0 Å². The Morgan fingerprint density at radius 2 is 1.62 bits per heavy atom. The summed E-state index contributed by atoms with van der Waals surface area (Å²) < 4.78 is 0. The molecule has 2 saturated heterocycles. The average molecular weight is 181 g/mol. The SMILES string of the molecule is CC(C)(C)CC1CC2CC[C@H](C1)N2. The van der Waals surface area contributed by atoms with Crippen molar-refractivity contribution < 1.29 is 0 Å². The quantitative estimate of drug-likeness (QED) is 0.656. The molecule has 2 rings (SSSR count). The lowest BCUT2D eigenvalue weighted by molar-refractivity contribution is 0.215. The molecule has 2 heterocycles. The second-order valence-electron chi connectivity index (χ2n) is 6.24. The van der Waals surface area contributed by atoms with Crippen LogP contribution in [0.4, 0.5) is 0 Å². The Bertz CT molecular complexity index is 168. The summed E-state index contributed by atoms with van der Waals surface area (Å²) in [6, 6.07) is 1.73. The summed E-state index contributed by atoms with van der Waals surface area (Å²) in [5, 5.41) is 3.71. The third-order valence-electron chi connectivity index (χ3n) is 3.47. The number of rotatable bonds is 1. The Hall–Kier alpha value is -0.0400. The number of nitrogens with one attached hydrogen (secondary N) is 1. The Balaban J connectivity index is 1.88. The van der Waals surface area contributed by atoms with Crippen molar-refractivity contribution in [2.75, 3.05) is 0 Å². The molecule has 0 aromatic carbocycles. The van der Waals surface area contributed by atoms with Gasteiger partial charge in [0.15, 0.2) is 0 Å². The van der Waals surface area contributed by atoms with Gasteiger partial charge < -0.3 is 5.32 Å². The zero-order chi connectivity index (χ0) is 9.47. The van der Waals surface area contributed by atoms with Gasteiger partial charge in [-0.2, -0.15) is 0 Å². The first-order valence-corrected chi connectivity index (χ1v) is 5.79. The Morgan fingerprint density at radius 1 is 1.08 bits per heavy atom. The van der Waals surface area contributed by atoms with E-state index in [9.17, 15) is 0 Å². The summed E-state index contributed by atoms with van der Waals surface area (Å²) >= 11 is 0. The Morgan fingerprint density at radius 3 is 2.08 bits per heavy atom. The van der Waals surface area contributed by atoms with E-state index in [0.29, 0.717) is 5.41 Å². The van der Waals surface area contributed by atoms with Crippen LogP contribution in [0.25, 0.3) is 0 Å². The molecule has 3 atom stereocenters. The van der Waals surface area contributed by atoms with Gasteiger partial charge in [-0.15, -0.1) is 0 Å². The molecule has 0 aromatic heterocycles. The van der Waals surface area contributed by atoms with E-state index in [1.165, 1.54) is 32.1 Å². The van der Waals surface area contributed by atoms with Gasteiger partial charge in [-0.1, -0.05) is 20.8 Å². The summed E-state index contributed by atoms with van der Waals surface area (Å²) in [6.07, 6.45) is 7.17. The monoisotopic (exact) mass is 181 g/mol. The van der Waals surface area contributed by atoms with Gasteiger partial charge >= 0.3 is 0 Å². The van der Waals surface area contributed by atoms with Gasteiger partial charge in [0, 0.05) is 12.1 Å². The van der Waals surface area contributed by atoms with E-state index in [1.54, 1.807) is 0 Å². The van der Waals surface area contributed by atoms with Gasteiger partial charge in [0.05, 0.1) is 0 Å². The van der Waals surface area contributed by atoms with Crippen molar-refractivity contribution in [1.29, 1.82) is 0 Å². The fraction of sp³-hybridized carbons (Fsp3) is 1.00. The van der Waals surface area contributed by atoms with Crippen LogP contribution in [0.2, 0.25) is 0 Å². The molecule has 1 N–H and O–H groups in total. The molecule has 0 aromatic rings. The Kier molecular flexibility index (Phi) is 2.39. The number of hydrogen-bond acceptors (Lipinski definition) is 1. The van der Waals surface area contributed by atoms with Gasteiger partial charge in [0.2, 0.25) is 0 Å². The molecule has 2 unspecified atom stereocenters. The van der Waals surface area contributed by atoms with E-state index < -0.39 is 0 Å². The summed E-state index contributed by atoms with van der Waals surface area (Å²) in [4.78, 5) is 0. The highest BCUT2D eigenvalue weighted by Crippen LogP contribution is 2.37. The van der Waals surface area contributed by atoms with Crippen LogP contribution in [-0.4, -0.2) is 12.1 Å². The molecule has 2 bridgehead atoms. The Labute approximate surface area is 82.3 Å².